The van der Waals surface area contributed by atoms with E-state index in [1.165, 1.54) is 24.8 Å². The smallest absolute Gasteiger partial charge is 0.253 e. The summed E-state index contributed by atoms with van der Waals surface area (Å²) in [6, 6.07) is 6.15. The van der Waals surface area contributed by atoms with Crippen LogP contribution in [0.15, 0.2) is 29.2 Å². The van der Waals surface area contributed by atoms with E-state index in [9.17, 15) is 9.59 Å². The number of Topliss-reactive ketones (excluding diaryl/α,β-unsaturated/α-hetero) is 1. The lowest BCUT2D eigenvalue weighted by molar-refractivity contribution is -0.118. The first-order chi connectivity index (χ1) is 12.5. The van der Waals surface area contributed by atoms with Crippen LogP contribution in [0.2, 0.25) is 0 Å². The molecule has 1 aromatic carbocycles. The molecule has 0 atom stereocenters. The van der Waals surface area contributed by atoms with Crippen molar-refractivity contribution in [3.05, 3.63) is 51.4 Å². The molecule has 4 heteroatoms. The molecule has 1 fully saturated rings. The molecule has 0 aliphatic heterocycles. The molecule has 0 unspecified atom stereocenters. The summed E-state index contributed by atoms with van der Waals surface area (Å²) in [4.78, 5) is 24.0. The number of fused-ring (bicyclic) bond motifs is 1. The quantitative estimate of drug-likeness (QED) is 0.846. The first-order valence-electron chi connectivity index (χ1n) is 9.49. The van der Waals surface area contributed by atoms with Crippen LogP contribution in [0.3, 0.4) is 0 Å². The minimum atomic E-state index is 0.0266. The first-order valence-corrected chi connectivity index (χ1v) is 9.49. The van der Waals surface area contributed by atoms with Crippen LogP contribution in [0, 0.1) is 12.8 Å². The lowest BCUT2D eigenvalue weighted by atomic mass is 9.86. The van der Waals surface area contributed by atoms with E-state index in [1.54, 1.807) is 11.6 Å². The molecule has 0 bridgehead atoms. The lowest BCUT2D eigenvalue weighted by Crippen LogP contribution is -2.21. The Kier molecular flexibility index (Phi) is 4.43. The summed E-state index contributed by atoms with van der Waals surface area (Å²) in [5.74, 6) is 1.79. The van der Waals surface area contributed by atoms with Gasteiger partial charge in [-0.3, -0.25) is 9.59 Å². The van der Waals surface area contributed by atoms with Gasteiger partial charge >= 0.3 is 0 Å². The molecule has 1 saturated carbocycles. The van der Waals surface area contributed by atoms with Crippen molar-refractivity contribution in [1.82, 2.24) is 4.57 Å². The zero-order valence-electron chi connectivity index (χ0n) is 15.5. The summed E-state index contributed by atoms with van der Waals surface area (Å²) in [5.41, 5.74) is 5.09. The molecule has 0 saturated heterocycles. The number of carbonyl (C=O) groups excluding carboxylic acids is 1. The fourth-order valence-corrected chi connectivity index (χ4v) is 3.88. The summed E-state index contributed by atoms with van der Waals surface area (Å²) >= 11 is 0. The number of hydrogen-bond acceptors (Lipinski definition) is 3. The van der Waals surface area contributed by atoms with E-state index < -0.39 is 0 Å². The highest BCUT2D eigenvalue weighted by Gasteiger charge is 2.23. The van der Waals surface area contributed by atoms with Crippen LogP contribution in [0.5, 0.6) is 5.75 Å². The fourth-order valence-electron chi connectivity index (χ4n) is 3.88. The SMILES string of the molecule is Cc1cc(-c2cc3c(c(OCC4CCC4)c2)CC(=O)CC3)cn(C)c1=O. The van der Waals surface area contributed by atoms with Gasteiger partial charge < -0.3 is 9.30 Å². The number of pyridine rings is 1. The van der Waals surface area contributed by atoms with E-state index >= 15 is 0 Å². The molecular formula is C22H25NO3. The molecule has 4 nitrogen and oxygen atoms in total. The number of ketones is 1. The minimum Gasteiger partial charge on any atom is -0.493 e. The first kappa shape index (κ1) is 17.1. The maximum Gasteiger partial charge on any atom is 0.253 e. The normalized spacial score (nSPS) is 16.9. The second-order valence-electron chi connectivity index (χ2n) is 7.76. The van der Waals surface area contributed by atoms with Crippen LogP contribution in [0.4, 0.5) is 0 Å². The Morgan fingerprint density at radius 3 is 2.62 bits per heavy atom. The van der Waals surface area contributed by atoms with Crippen molar-refractivity contribution in [2.75, 3.05) is 6.61 Å². The van der Waals surface area contributed by atoms with Gasteiger partial charge in [0.1, 0.15) is 11.5 Å². The van der Waals surface area contributed by atoms with Gasteiger partial charge in [-0.2, -0.15) is 0 Å². The molecule has 0 N–H and O–H groups in total. The summed E-state index contributed by atoms with van der Waals surface area (Å²) in [5, 5.41) is 0. The molecule has 2 aliphatic carbocycles. The van der Waals surface area contributed by atoms with Gasteiger partial charge in [-0.05, 0) is 60.9 Å². The largest absolute Gasteiger partial charge is 0.493 e. The van der Waals surface area contributed by atoms with Gasteiger partial charge in [0.15, 0.2) is 0 Å². The second-order valence-corrected chi connectivity index (χ2v) is 7.76. The van der Waals surface area contributed by atoms with Crippen molar-refractivity contribution in [1.29, 1.82) is 0 Å². The highest BCUT2D eigenvalue weighted by molar-refractivity contribution is 5.85. The Morgan fingerprint density at radius 2 is 1.92 bits per heavy atom. The van der Waals surface area contributed by atoms with Gasteiger partial charge in [-0.1, -0.05) is 12.5 Å². The van der Waals surface area contributed by atoms with Gasteiger partial charge in [0.2, 0.25) is 0 Å². The number of nitrogens with zero attached hydrogens (tertiary/aromatic N) is 1. The highest BCUT2D eigenvalue weighted by atomic mass is 16.5. The van der Waals surface area contributed by atoms with Crippen LogP contribution in [0.25, 0.3) is 11.1 Å². The van der Waals surface area contributed by atoms with Crippen LogP contribution < -0.4 is 10.3 Å². The van der Waals surface area contributed by atoms with Crippen molar-refractivity contribution in [3.63, 3.8) is 0 Å². The average Bonchev–Trinajstić information content (AvgIpc) is 2.57. The number of carbonyl (C=O) groups is 1. The van der Waals surface area contributed by atoms with E-state index in [4.69, 9.17) is 4.74 Å². The molecule has 2 aliphatic rings. The summed E-state index contributed by atoms with van der Waals surface area (Å²) < 4.78 is 7.81. The Labute approximate surface area is 153 Å². The summed E-state index contributed by atoms with van der Waals surface area (Å²) in [7, 11) is 1.78. The van der Waals surface area contributed by atoms with Crippen LogP contribution in [-0.4, -0.2) is 17.0 Å². The summed E-state index contributed by atoms with van der Waals surface area (Å²) in [6.45, 7) is 2.58. The van der Waals surface area contributed by atoms with Crippen molar-refractivity contribution < 1.29 is 9.53 Å². The molecule has 0 spiro atoms. The van der Waals surface area contributed by atoms with Crippen molar-refractivity contribution in [2.24, 2.45) is 13.0 Å². The number of aryl methyl sites for hydroxylation is 3. The summed E-state index contributed by atoms with van der Waals surface area (Å²) in [6.07, 6.45) is 7.49. The lowest BCUT2D eigenvalue weighted by Gasteiger charge is -2.27. The standard InChI is InChI=1S/C22H25NO3/c1-14-8-18(12-23(2)22(14)25)17-9-16-6-7-19(24)11-20(16)21(10-17)26-13-15-4-3-5-15/h8-10,12,15H,3-7,11,13H2,1-2H3. The molecule has 4 rings (SSSR count). The maximum atomic E-state index is 12.0. The predicted molar refractivity (Wildman–Crippen MR) is 102 cm³/mol. The maximum absolute atomic E-state index is 12.0. The molecule has 0 radical (unpaired) electrons. The molecule has 0 amide bonds. The average molecular weight is 351 g/mol. The van der Waals surface area contributed by atoms with E-state index in [0.29, 0.717) is 18.8 Å². The van der Waals surface area contributed by atoms with E-state index in [-0.39, 0.29) is 11.3 Å². The number of rotatable bonds is 4. The zero-order chi connectivity index (χ0) is 18.3. The van der Waals surface area contributed by atoms with E-state index in [2.05, 4.69) is 12.1 Å². The number of hydrogen-bond donors (Lipinski definition) is 0. The Hall–Kier alpha value is -2.36. The number of benzene rings is 1. The Bertz CT molecular complexity index is 895. The van der Waals surface area contributed by atoms with E-state index in [1.807, 2.05) is 19.2 Å². The van der Waals surface area contributed by atoms with Gasteiger partial charge in [0.05, 0.1) is 6.61 Å². The van der Waals surface area contributed by atoms with Crippen molar-refractivity contribution >= 4 is 5.78 Å². The van der Waals surface area contributed by atoms with Crippen LogP contribution in [0.1, 0.15) is 42.4 Å². The van der Waals surface area contributed by atoms with Crippen LogP contribution >= 0.6 is 0 Å². The molecule has 1 aromatic heterocycles. The Balaban J connectivity index is 1.75. The van der Waals surface area contributed by atoms with Crippen molar-refractivity contribution in [2.45, 2.75) is 45.4 Å². The van der Waals surface area contributed by atoms with Crippen molar-refractivity contribution in [3.8, 4) is 16.9 Å². The highest BCUT2D eigenvalue weighted by Crippen LogP contribution is 2.35. The predicted octanol–water partition coefficient (Wildman–Crippen LogP) is 3.60. The van der Waals surface area contributed by atoms with Gasteiger partial charge in [-0.15, -0.1) is 0 Å². The monoisotopic (exact) mass is 351 g/mol. The third kappa shape index (κ3) is 3.20. The Morgan fingerprint density at radius 1 is 1.12 bits per heavy atom. The van der Waals surface area contributed by atoms with Gasteiger partial charge in [0, 0.05) is 37.2 Å². The third-order valence-electron chi connectivity index (χ3n) is 5.74. The third-order valence-corrected chi connectivity index (χ3v) is 5.74. The number of ether oxygens (including phenoxy) is 1. The van der Waals surface area contributed by atoms with Gasteiger partial charge in [-0.25, -0.2) is 0 Å². The minimum absolute atomic E-state index is 0.0266. The zero-order valence-corrected chi connectivity index (χ0v) is 15.5. The molecule has 136 valence electrons. The second kappa shape index (κ2) is 6.75. The number of aromatic nitrogens is 1. The molecular weight excluding hydrogens is 326 g/mol. The molecule has 1 heterocycles. The van der Waals surface area contributed by atoms with E-state index in [0.717, 1.165) is 41.0 Å². The van der Waals surface area contributed by atoms with Crippen LogP contribution in [-0.2, 0) is 24.7 Å². The molecule has 2 aromatic rings. The van der Waals surface area contributed by atoms with Gasteiger partial charge in [0.25, 0.3) is 5.56 Å². The topological polar surface area (TPSA) is 48.3 Å². The molecule has 26 heavy (non-hydrogen) atoms. The fraction of sp³-hybridized carbons (Fsp3) is 0.455.